The molecule has 82 valence electrons. The summed E-state index contributed by atoms with van der Waals surface area (Å²) in [6, 6.07) is 4.13. The maximum atomic E-state index is 10.4. The Hall–Kier alpha value is -1.33. The lowest BCUT2D eigenvalue weighted by Gasteiger charge is -2.06. The van der Waals surface area contributed by atoms with E-state index in [0.717, 1.165) is 0 Å². The van der Waals surface area contributed by atoms with E-state index < -0.39 is 4.92 Å². The zero-order valence-electron chi connectivity index (χ0n) is 8.20. The van der Waals surface area contributed by atoms with Crippen LogP contribution in [0.25, 0.3) is 0 Å². The van der Waals surface area contributed by atoms with Gasteiger partial charge in [-0.3, -0.25) is 10.1 Å². The lowest BCUT2D eigenvalue weighted by atomic mass is 10.3. The molecule has 0 aliphatic heterocycles. The normalized spacial score (nSPS) is 10.0. The Labute approximate surface area is 92.1 Å². The zero-order valence-corrected chi connectivity index (χ0v) is 8.95. The lowest BCUT2D eigenvalue weighted by Crippen LogP contribution is -2.16. The minimum Gasteiger partial charge on any atom is -0.491 e. The molecule has 0 amide bonds. The van der Waals surface area contributed by atoms with Crippen LogP contribution in [0.4, 0.5) is 5.69 Å². The number of likely N-dealkylation sites (N-methyl/N-ethyl adjacent to an activating group) is 1. The number of halogens is 1. The molecule has 15 heavy (non-hydrogen) atoms. The quantitative estimate of drug-likeness (QED) is 0.476. The van der Waals surface area contributed by atoms with Gasteiger partial charge in [-0.2, -0.15) is 0 Å². The van der Waals surface area contributed by atoms with Crippen LogP contribution in [0.1, 0.15) is 0 Å². The summed E-state index contributed by atoms with van der Waals surface area (Å²) in [5.74, 6) is 0.456. The Balaban J connectivity index is 2.70. The van der Waals surface area contributed by atoms with Gasteiger partial charge in [0.1, 0.15) is 12.4 Å². The molecule has 0 unspecified atom stereocenters. The topological polar surface area (TPSA) is 64.4 Å². The third kappa shape index (κ3) is 3.38. The number of rotatable bonds is 5. The summed E-state index contributed by atoms with van der Waals surface area (Å²) in [4.78, 5) is 9.92. The molecule has 1 rings (SSSR count). The van der Waals surface area contributed by atoms with Crippen molar-refractivity contribution in [3.8, 4) is 5.75 Å². The van der Waals surface area contributed by atoms with E-state index in [0.29, 0.717) is 18.9 Å². The van der Waals surface area contributed by atoms with Crippen LogP contribution in [0.5, 0.6) is 5.75 Å². The molecule has 1 aromatic carbocycles. The smallest absolute Gasteiger partial charge is 0.271 e. The molecule has 0 spiro atoms. The van der Waals surface area contributed by atoms with Crippen LogP contribution in [0, 0.1) is 10.1 Å². The molecular weight excluding hydrogens is 220 g/mol. The molecule has 0 radical (unpaired) electrons. The molecule has 0 aliphatic carbocycles. The Kier molecular flexibility index (Phi) is 4.33. The highest BCUT2D eigenvalue weighted by Gasteiger charge is 2.09. The summed E-state index contributed by atoms with van der Waals surface area (Å²) in [5.41, 5.74) is -0.0408. The average molecular weight is 231 g/mol. The van der Waals surface area contributed by atoms with Crippen LogP contribution in [0.15, 0.2) is 18.2 Å². The van der Waals surface area contributed by atoms with Gasteiger partial charge in [0, 0.05) is 18.7 Å². The number of nitrogens with zero attached hydrogens (tertiary/aromatic N) is 1. The van der Waals surface area contributed by atoms with Crippen LogP contribution >= 0.6 is 11.6 Å². The first-order chi connectivity index (χ1) is 7.15. The van der Waals surface area contributed by atoms with E-state index in [2.05, 4.69) is 5.32 Å². The molecule has 0 heterocycles. The van der Waals surface area contributed by atoms with E-state index in [1.54, 1.807) is 7.05 Å². The molecule has 0 fully saturated rings. The van der Waals surface area contributed by atoms with Gasteiger partial charge in [-0.05, 0) is 13.1 Å². The summed E-state index contributed by atoms with van der Waals surface area (Å²) < 4.78 is 5.29. The van der Waals surface area contributed by atoms with Crippen LogP contribution in [-0.2, 0) is 0 Å². The zero-order chi connectivity index (χ0) is 11.3. The van der Waals surface area contributed by atoms with Gasteiger partial charge in [0.15, 0.2) is 0 Å². The SMILES string of the molecule is CNCCOc1ccc([N+](=O)[O-])cc1Cl. The van der Waals surface area contributed by atoms with E-state index in [1.807, 2.05) is 0 Å². The Bertz CT molecular complexity index is 357. The maximum absolute atomic E-state index is 10.4. The standard InChI is InChI=1S/C9H11ClN2O3/c1-11-4-5-15-9-3-2-7(12(13)14)6-8(9)10/h2-3,6,11H,4-5H2,1H3. The highest BCUT2D eigenvalue weighted by atomic mass is 35.5. The lowest BCUT2D eigenvalue weighted by molar-refractivity contribution is -0.384. The van der Waals surface area contributed by atoms with Crippen molar-refractivity contribution in [3.63, 3.8) is 0 Å². The van der Waals surface area contributed by atoms with Gasteiger partial charge in [-0.25, -0.2) is 0 Å². The molecule has 0 atom stereocenters. The van der Waals surface area contributed by atoms with Gasteiger partial charge >= 0.3 is 0 Å². The van der Waals surface area contributed by atoms with E-state index in [-0.39, 0.29) is 10.7 Å². The third-order valence-electron chi connectivity index (χ3n) is 1.74. The largest absolute Gasteiger partial charge is 0.491 e. The van der Waals surface area contributed by atoms with Crippen molar-refractivity contribution in [3.05, 3.63) is 33.3 Å². The number of benzene rings is 1. The van der Waals surface area contributed by atoms with E-state index >= 15 is 0 Å². The fourth-order valence-corrected chi connectivity index (χ4v) is 1.21. The van der Waals surface area contributed by atoms with E-state index in [9.17, 15) is 10.1 Å². The predicted octanol–water partition coefficient (Wildman–Crippen LogP) is 1.85. The van der Waals surface area contributed by atoms with Crippen molar-refractivity contribution in [2.24, 2.45) is 0 Å². The van der Waals surface area contributed by atoms with Gasteiger partial charge in [0.2, 0.25) is 0 Å². The Morgan fingerprint density at radius 2 is 2.33 bits per heavy atom. The second-order valence-electron chi connectivity index (χ2n) is 2.82. The second-order valence-corrected chi connectivity index (χ2v) is 3.23. The summed E-state index contributed by atoms with van der Waals surface area (Å²) >= 11 is 5.80. The van der Waals surface area contributed by atoms with Gasteiger partial charge < -0.3 is 10.1 Å². The summed E-state index contributed by atoms with van der Waals surface area (Å²) in [7, 11) is 1.81. The molecule has 0 saturated heterocycles. The minimum atomic E-state index is -0.497. The highest BCUT2D eigenvalue weighted by molar-refractivity contribution is 6.32. The summed E-state index contributed by atoms with van der Waals surface area (Å²) in [6.45, 7) is 1.15. The van der Waals surface area contributed by atoms with E-state index in [1.165, 1.54) is 18.2 Å². The molecule has 1 N–H and O–H groups in total. The summed E-state index contributed by atoms with van der Waals surface area (Å²) in [5, 5.41) is 13.6. The number of nitro benzene ring substituents is 1. The minimum absolute atomic E-state index is 0.0408. The number of nitro groups is 1. The first-order valence-corrected chi connectivity index (χ1v) is 4.74. The molecule has 0 bridgehead atoms. The number of hydrogen-bond acceptors (Lipinski definition) is 4. The molecule has 0 aliphatic rings. The third-order valence-corrected chi connectivity index (χ3v) is 2.03. The van der Waals surface area contributed by atoms with Gasteiger partial charge in [0.25, 0.3) is 5.69 Å². The molecule has 5 nitrogen and oxygen atoms in total. The van der Waals surface area contributed by atoms with Gasteiger partial charge in [-0.1, -0.05) is 11.6 Å². The maximum Gasteiger partial charge on any atom is 0.271 e. The number of ether oxygens (including phenoxy) is 1. The number of nitrogens with one attached hydrogen (secondary N) is 1. The monoisotopic (exact) mass is 230 g/mol. The van der Waals surface area contributed by atoms with Crippen molar-refractivity contribution in [1.29, 1.82) is 0 Å². The fourth-order valence-electron chi connectivity index (χ4n) is 0.983. The average Bonchev–Trinajstić information content (AvgIpc) is 2.20. The van der Waals surface area contributed by atoms with Crippen LogP contribution in [-0.4, -0.2) is 25.1 Å². The van der Waals surface area contributed by atoms with Gasteiger partial charge in [0.05, 0.1) is 9.95 Å². The Morgan fingerprint density at radius 3 is 2.87 bits per heavy atom. The van der Waals surface area contributed by atoms with Crippen LogP contribution < -0.4 is 10.1 Å². The molecule has 1 aromatic rings. The number of hydrogen-bond donors (Lipinski definition) is 1. The summed E-state index contributed by atoms with van der Waals surface area (Å²) in [6.07, 6.45) is 0. The first-order valence-electron chi connectivity index (χ1n) is 4.36. The molecule has 0 saturated carbocycles. The first kappa shape index (κ1) is 11.7. The highest BCUT2D eigenvalue weighted by Crippen LogP contribution is 2.28. The van der Waals surface area contributed by atoms with Crippen molar-refractivity contribution < 1.29 is 9.66 Å². The van der Waals surface area contributed by atoms with Crippen molar-refractivity contribution in [2.75, 3.05) is 20.2 Å². The molecule has 0 aromatic heterocycles. The van der Waals surface area contributed by atoms with Crippen molar-refractivity contribution in [2.45, 2.75) is 0 Å². The predicted molar refractivity (Wildman–Crippen MR) is 57.5 cm³/mol. The second kappa shape index (κ2) is 5.53. The van der Waals surface area contributed by atoms with Gasteiger partial charge in [-0.15, -0.1) is 0 Å². The van der Waals surface area contributed by atoms with E-state index in [4.69, 9.17) is 16.3 Å². The van der Waals surface area contributed by atoms with Crippen LogP contribution in [0.3, 0.4) is 0 Å². The van der Waals surface area contributed by atoms with Crippen LogP contribution in [0.2, 0.25) is 5.02 Å². The fraction of sp³-hybridized carbons (Fsp3) is 0.333. The Morgan fingerprint density at radius 1 is 1.60 bits per heavy atom. The van der Waals surface area contributed by atoms with Crippen molar-refractivity contribution >= 4 is 17.3 Å². The number of non-ortho nitro benzene ring substituents is 1. The molecule has 6 heteroatoms. The van der Waals surface area contributed by atoms with Crippen molar-refractivity contribution in [1.82, 2.24) is 5.32 Å². The molecular formula is C9H11ClN2O3.